The SMILES string of the molecule is C[Si](C)(Cl)O[Si](C)(C)O[Si](C)(C)Cl.[B][B]B([B])[C-](B([B])[B])B([B])[B]C[Si](C)(C)O[Si](C)(C)O[Si](C)(C)C(B([B])[B])(B([B])[B][B])B([B])[B][CH2-].[B][B]B([B])[C-](B([B])[B])B([B])[B][CH2-].[Li+].[Li+].[Li+].[Li+]. The molecule has 0 aliphatic rings. The van der Waals surface area contributed by atoms with Crippen molar-refractivity contribution in [1.82, 2.24) is 0 Å². The Hall–Kier alpha value is 6.06. The topological polar surface area (TPSA) is 36.9 Å². The molecule has 0 spiro atoms. The van der Waals surface area contributed by atoms with E-state index in [1.807, 2.05) is 72.6 Å². The summed E-state index contributed by atoms with van der Waals surface area (Å²) in [4.78, 5) is 0. The minimum absolute atomic E-state index is 0. The van der Waals surface area contributed by atoms with Crippen molar-refractivity contribution in [1.29, 1.82) is 0 Å². The molecule has 0 N–H and O–H groups in total. The van der Waals surface area contributed by atoms with E-state index in [0.29, 0.717) is 17.2 Å². The van der Waals surface area contributed by atoms with Crippen LogP contribution in [-0.2, 0) is 16.5 Å². The van der Waals surface area contributed by atoms with Crippen molar-refractivity contribution < 1.29 is 91.9 Å². The maximum Gasteiger partial charge on any atom is 1.00 e. The van der Waals surface area contributed by atoms with Crippen LogP contribution < -0.4 is 75.4 Å². The van der Waals surface area contributed by atoms with E-state index in [1.165, 1.54) is 28.4 Å². The molecule has 0 heterocycles. The van der Waals surface area contributed by atoms with E-state index in [-0.39, 0.29) is 75.4 Å². The summed E-state index contributed by atoms with van der Waals surface area (Å²) in [5.41, 5.74) is 1.12. The molecule has 1 unspecified atom stereocenters. The molecule has 0 aromatic rings. The number of halogens is 2. The van der Waals surface area contributed by atoms with Crippen molar-refractivity contribution in [3.05, 3.63) is 24.9 Å². The Balaban J connectivity index is -0.000000185. The van der Waals surface area contributed by atoms with Crippen molar-refractivity contribution in [2.24, 2.45) is 0 Å². The van der Waals surface area contributed by atoms with Crippen LogP contribution in [0.5, 0.6) is 0 Å². The van der Waals surface area contributed by atoms with Crippen LogP contribution in [0.1, 0.15) is 0 Å². The molecule has 4 nitrogen and oxygen atoms in total. The van der Waals surface area contributed by atoms with Gasteiger partial charge in [-0.15, -0.1) is 66.5 Å². The van der Waals surface area contributed by atoms with Gasteiger partial charge in [-0.2, -0.15) is 13.7 Å². The molecule has 46 heteroatoms. The van der Waals surface area contributed by atoms with Gasteiger partial charge in [-0.25, -0.2) is 0 Å². The molecular formula is C18H42B30Cl2Li4O4Si6. The fraction of sp³-hybridized carbons (Fsp3) is 0.778. The van der Waals surface area contributed by atoms with Crippen molar-refractivity contribution in [2.75, 3.05) is 0 Å². The first-order valence-corrected chi connectivity index (χ1v) is 38.9. The minimum Gasteiger partial charge on any atom is -0.438 e. The summed E-state index contributed by atoms with van der Waals surface area (Å²) in [6.45, 7) is 25.4. The summed E-state index contributed by atoms with van der Waals surface area (Å²) >= 11 is 12.2. The van der Waals surface area contributed by atoms with Crippen LogP contribution in [0.3, 0.4) is 0 Å². The fourth-order valence-electron chi connectivity index (χ4n) is 7.08. The van der Waals surface area contributed by atoms with Gasteiger partial charge < -0.3 is 41.3 Å². The van der Waals surface area contributed by atoms with Crippen molar-refractivity contribution in [3.8, 4) is 0 Å². The second kappa shape index (κ2) is 37.7. The third kappa shape index (κ3) is 32.5. The zero-order valence-corrected chi connectivity index (χ0v) is 49.8. The van der Waals surface area contributed by atoms with E-state index in [9.17, 15) is 0 Å². The molecule has 1 atom stereocenters. The molecule has 0 saturated heterocycles. The summed E-state index contributed by atoms with van der Waals surface area (Å²) in [7, 11) is 83.2. The van der Waals surface area contributed by atoms with Crippen molar-refractivity contribution in [3.63, 3.8) is 0 Å². The van der Waals surface area contributed by atoms with Gasteiger partial charge in [0.25, 0.3) is 15.3 Å². The molecule has 0 fully saturated rings. The Morgan fingerprint density at radius 1 is 0.500 bits per heavy atom. The molecule has 0 saturated carbocycles. The first-order valence-electron chi connectivity index (χ1n) is 19.4. The third-order valence-electron chi connectivity index (χ3n) is 9.00. The summed E-state index contributed by atoms with van der Waals surface area (Å²) in [6.07, 6.45) is 0. The van der Waals surface area contributed by atoms with Gasteiger partial charge in [0.05, 0.1) is 0 Å². The Bertz CT molecular complexity index is 1150. The van der Waals surface area contributed by atoms with Crippen molar-refractivity contribution in [2.45, 2.75) is 89.2 Å². The van der Waals surface area contributed by atoms with Crippen LogP contribution in [0.15, 0.2) is 0 Å². The molecule has 36 radical (unpaired) electrons. The largest absolute Gasteiger partial charge is 1.00 e. The fourth-order valence-corrected chi connectivity index (χ4v) is 35.6. The van der Waals surface area contributed by atoms with Crippen LogP contribution in [0.25, 0.3) is 0 Å². The second-order valence-corrected chi connectivity index (χ2v) is 45.0. The zero-order chi connectivity index (χ0) is 48.6. The van der Waals surface area contributed by atoms with Crippen LogP contribution in [0, 0.1) is 24.9 Å². The predicted octanol–water partition coefficient (Wildman–Crippen LogP) is -16.1. The van der Waals surface area contributed by atoms with Gasteiger partial charge >= 0.3 is 92.6 Å². The summed E-state index contributed by atoms with van der Waals surface area (Å²) in [5, 5.41) is 0. The molecule has 64 heavy (non-hydrogen) atoms. The summed E-state index contributed by atoms with van der Waals surface area (Å²) in [6, 6.07) is 0. The molecule has 0 bridgehead atoms. The standard InChI is InChI=1S/C10H22B20O2Si3.C6H18Cl2O2Si3.C2H2B10.4Li/c1-21-29(19)10(28(17)18,30(20)24-12)34(4,5)32-35(6,7)31-33(2,3)8-22-26(15)9(25(13)14)27(16)23-11;1-11(2,7)9-13(5,6)10-12(3,4)8;1-8-11(6)2(10(4)5)12(7)9-3;;;;/h1,8H2,2-7H3;1-6H3;1H2;;;;/q-2;;-2;4*+1. The number of hydrogen-bond donors (Lipinski definition) is 0. The number of rotatable bonds is 26. The Morgan fingerprint density at radius 3 is 1.11 bits per heavy atom. The Kier molecular flexibility index (Phi) is 49.6. The van der Waals surface area contributed by atoms with Gasteiger partial charge in [-0.1, -0.05) is 5.94 Å². The predicted molar refractivity (Wildman–Crippen MR) is 318 cm³/mol. The van der Waals surface area contributed by atoms with Gasteiger partial charge in [-0.05, 0) is 170 Å². The molecule has 0 aliphatic heterocycles. The van der Waals surface area contributed by atoms with Crippen LogP contribution in [0.4, 0.5) is 0 Å². The van der Waals surface area contributed by atoms with E-state index in [0.717, 1.165) is 0 Å². The molecule has 0 aromatic heterocycles. The minimum atomic E-state index is -2.88. The van der Waals surface area contributed by atoms with Crippen LogP contribution in [0.2, 0.25) is 89.2 Å². The first-order chi connectivity index (χ1) is 26.7. The van der Waals surface area contributed by atoms with E-state index >= 15 is 0 Å². The maximum absolute atomic E-state index is 6.80. The number of hydrogen-bond acceptors (Lipinski definition) is 4. The smallest absolute Gasteiger partial charge is 0.438 e. The molecule has 0 aliphatic carbocycles. The Morgan fingerprint density at radius 2 is 0.844 bits per heavy atom. The molecular weight excluding hydrogens is 872 g/mol. The van der Waals surface area contributed by atoms with Crippen LogP contribution in [-0.4, -0.2) is 266 Å². The quantitative estimate of drug-likeness (QED) is 0.0492. The third-order valence-corrected chi connectivity index (χ3v) is 30.7. The van der Waals surface area contributed by atoms with E-state index in [1.54, 1.807) is 7.17 Å². The van der Waals surface area contributed by atoms with E-state index in [2.05, 4.69) is 26.7 Å². The molecule has 0 rings (SSSR count). The van der Waals surface area contributed by atoms with E-state index < -0.39 is 112 Å². The van der Waals surface area contributed by atoms with Gasteiger partial charge in [0, 0.05) is 72.4 Å². The summed E-state index contributed by atoms with van der Waals surface area (Å²) < 4.78 is 24.0. The van der Waals surface area contributed by atoms with Crippen molar-refractivity contribution >= 4 is 288 Å². The monoisotopic (exact) mass is 918 g/mol. The maximum atomic E-state index is 6.80. The molecule has 0 amide bonds. The normalized spacial score (nSPS) is 12.3. The van der Waals surface area contributed by atoms with E-state index in [4.69, 9.17) is 155 Å². The van der Waals surface area contributed by atoms with Gasteiger partial charge in [0.1, 0.15) is 0 Å². The Labute approximate surface area is 488 Å². The van der Waals surface area contributed by atoms with Gasteiger partial charge in [-0.3, -0.25) is 0 Å². The summed E-state index contributed by atoms with van der Waals surface area (Å²) in [5.74, 6) is 0.604. The van der Waals surface area contributed by atoms with Gasteiger partial charge in [0.15, 0.2) is 16.6 Å². The first kappa shape index (κ1) is 84.0. The average Bonchev–Trinajstić information content (AvgIpc) is 3.03. The van der Waals surface area contributed by atoms with Gasteiger partial charge in [0.2, 0.25) is 0 Å². The molecule has 270 valence electrons. The molecule has 0 aromatic carbocycles. The second-order valence-electron chi connectivity index (χ2n) is 17.4. The average molecular weight is 914 g/mol. The zero-order valence-electron chi connectivity index (χ0n) is 42.3. The van der Waals surface area contributed by atoms with Crippen LogP contribution >= 0.6 is 22.2 Å².